The van der Waals surface area contributed by atoms with Crippen LogP contribution in [-0.4, -0.2) is 24.0 Å². The number of rotatable bonds is 7. The van der Waals surface area contributed by atoms with Crippen LogP contribution >= 0.6 is 0 Å². The van der Waals surface area contributed by atoms with Crippen LogP contribution in [0.3, 0.4) is 0 Å². The molecule has 0 bridgehead atoms. The average molecular weight is 294 g/mol. The molecule has 0 radical (unpaired) electrons. The highest BCUT2D eigenvalue weighted by atomic mass is 19.1. The predicted octanol–water partition coefficient (Wildman–Crippen LogP) is 4.19. The van der Waals surface area contributed by atoms with Gasteiger partial charge in [-0.05, 0) is 45.4 Å². The van der Waals surface area contributed by atoms with Crippen molar-refractivity contribution in [2.45, 2.75) is 59.7 Å². The maximum absolute atomic E-state index is 14.0. The lowest BCUT2D eigenvalue weighted by molar-refractivity contribution is 0.271. The number of hydrogen-bond donors (Lipinski definition) is 1. The lowest BCUT2D eigenvalue weighted by Gasteiger charge is -2.22. The minimum atomic E-state index is -0.106. The second kappa shape index (κ2) is 7.90. The number of hydrogen-bond acceptors (Lipinski definition) is 2. The Hall–Kier alpha value is -0.930. The van der Waals surface area contributed by atoms with Gasteiger partial charge in [0.1, 0.15) is 5.82 Å². The standard InChI is InChI=1S/C18H31FN2/c1-7-14(2)12-21(6)13-16-10-15(8-9-17(16)19)11-20-18(3,4)5/h8-10,14,20H,7,11-13H2,1-6H3. The van der Waals surface area contributed by atoms with E-state index >= 15 is 0 Å². The highest BCUT2D eigenvalue weighted by Gasteiger charge is 2.11. The zero-order valence-electron chi connectivity index (χ0n) is 14.5. The molecule has 1 N–H and O–H groups in total. The molecule has 1 aromatic carbocycles. The zero-order valence-corrected chi connectivity index (χ0v) is 14.5. The molecule has 2 nitrogen and oxygen atoms in total. The summed E-state index contributed by atoms with van der Waals surface area (Å²) in [5, 5.41) is 3.44. The number of halogens is 1. The van der Waals surface area contributed by atoms with Gasteiger partial charge >= 0.3 is 0 Å². The molecule has 0 heterocycles. The first-order valence-corrected chi connectivity index (χ1v) is 7.92. The highest BCUT2D eigenvalue weighted by Crippen LogP contribution is 2.15. The third-order valence-electron chi connectivity index (χ3n) is 3.69. The van der Waals surface area contributed by atoms with E-state index in [1.54, 1.807) is 6.07 Å². The Morgan fingerprint density at radius 3 is 2.52 bits per heavy atom. The molecule has 0 saturated carbocycles. The lowest BCUT2D eigenvalue weighted by Crippen LogP contribution is -2.35. The van der Waals surface area contributed by atoms with Crippen molar-refractivity contribution in [3.8, 4) is 0 Å². The molecule has 1 rings (SSSR count). The van der Waals surface area contributed by atoms with Crippen molar-refractivity contribution < 1.29 is 4.39 Å². The molecule has 0 spiro atoms. The van der Waals surface area contributed by atoms with Gasteiger partial charge in [0, 0.05) is 30.7 Å². The maximum Gasteiger partial charge on any atom is 0.127 e. The maximum atomic E-state index is 14.0. The van der Waals surface area contributed by atoms with Crippen LogP contribution in [0.15, 0.2) is 18.2 Å². The van der Waals surface area contributed by atoms with Crippen LogP contribution in [-0.2, 0) is 13.1 Å². The minimum absolute atomic E-state index is 0.0713. The Morgan fingerprint density at radius 2 is 1.95 bits per heavy atom. The summed E-state index contributed by atoms with van der Waals surface area (Å²) in [5.74, 6) is 0.536. The molecule has 120 valence electrons. The molecule has 1 atom stereocenters. The lowest BCUT2D eigenvalue weighted by atomic mass is 10.1. The first-order chi connectivity index (χ1) is 9.71. The Kier molecular flexibility index (Phi) is 6.82. The average Bonchev–Trinajstić information content (AvgIpc) is 2.38. The minimum Gasteiger partial charge on any atom is -0.308 e. The van der Waals surface area contributed by atoms with Crippen LogP contribution in [0.2, 0.25) is 0 Å². The fourth-order valence-corrected chi connectivity index (χ4v) is 2.24. The first-order valence-electron chi connectivity index (χ1n) is 7.92. The topological polar surface area (TPSA) is 15.3 Å². The van der Waals surface area contributed by atoms with E-state index in [1.165, 1.54) is 0 Å². The molecule has 1 aromatic rings. The van der Waals surface area contributed by atoms with Crippen LogP contribution in [0.5, 0.6) is 0 Å². The summed E-state index contributed by atoms with van der Waals surface area (Å²) in [6.07, 6.45) is 1.16. The molecule has 1 unspecified atom stereocenters. The summed E-state index contributed by atoms with van der Waals surface area (Å²) in [6, 6.07) is 5.44. The summed E-state index contributed by atoms with van der Waals surface area (Å²) in [6.45, 7) is 13.3. The van der Waals surface area contributed by atoms with Crippen LogP contribution in [0, 0.1) is 11.7 Å². The van der Waals surface area contributed by atoms with E-state index in [2.05, 4.69) is 51.9 Å². The Balaban J connectivity index is 2.69. The third-order valence-corrected chi connectivity index (χ3v) is 3.69. The molecule has 3 heteroatoms. The van der Waals surface area contributed by atoms with Gasteiger partial charge in [0.2, 0.25) is 0 Å². The molecular weight excluding hydrogens is 263 g/mol. The molecule has 0 fully saturated rings. The molecule has 0 aliphatic rings. The van der Waals surface area contributed by atoms with Gasteiger partial charge in [-0.15, -0.1) is 0 Å². The predicted molar refractivity (Wildman–Crippen MR) is 88.8 cm³/mol. The van der Waals surface area contributed by atoms with Gasteiger partial charge in [0.15, 0.2) is 0 Å². The van der Waals surface area contributed by atoms with Crippen LogP contribution in [0.1, 0.15) is 52.2 Å². The molecule has 0 aliphatic carbocycles. The van der Waals surface area contributed by atoms with Gasteiger partial charge in [0.25, 0.3) is 0 Å². The van der Waals surface area contributed by atoms with Gasteiger partial charge < -0.3 is 10.2 Å². The van der Waals surface area contributed by atoms with Crippen molar-refractivity contribution in [1.82, 2.24) is 10.2 Å². The first kappa shape index (κ1) is 18.1. The van der Waals surface area contributed by atoms with Crippen molar-refractivity contribution in [3.63, 3.8) is 0 Å². The Morgan fingerprint density at radius 1 is 1.29 bits per heavy atom. The highest BCUT2D eigenvalue weighted by molar-refractivity contribution is 5.25. The van der Waals surface area contributed by atoms with Gasteiger partial charge in [-0.3, -0.25) is 0 Å². The number of nitrogens with one attached hydrogen (secondary N) is 1. The largest absolute Gasteiger partial charge is 0.308 e. The van der Waals surface area contributed by atoms with Crippen LogP contribution in [0.25, 0.3) is 0 Å². The number of nitrogens with zero attached hydrogens (tertiary/aromatic N) is 1. The molecular formula is C18H31FN2. The van der Waals surface area contributed by atoms with Crippen molar-refractivity contribution in [1.29, 1.82) is 0 Å². The van der Waals surface area contributed by atoms with E-state index < -0.39 is 0 Å². The second-order valence-corrected chi connectivity index (χ2v) is 7.24. The normalized spacial score (nSPS) is 13.7. The van der Waals surface area contributed by atoms with Gasteiger partial charge in [0.05, 0.1) is 0 Å². The molecule has 0 aromatic heterocycles. The van der Waals surface area contributed by atoms with Gasteiger partial charge in [-0.2, -0.15) is 0 Å². The third kappa shape index (κ3) is 7.05. The smallest absolute Gasteiger partial charge is 0.127 e. The molecule has 0 aliphatic heterocycles. The van der Waals surface area contributed by atoms with Gasteiger partial charge in [-0.25, -0.2) is 4.39 Å². The summed E-state index contributed by atoms with van der Waals surface area (Å²) in [5.41, 5.74) is 1.99. The fraction of sp³-hybridized carbons (Fsp3) is 0.667. The van der Waals surface area contributed by atoms with E-state index in [0.29, 0.717) is 12.5 Å². The van der Waals surface area contributed by atoms with Gasteiger partial charge in [-0.1, -0.05) is 32.4 Å². The quantitative estimate of drug-likeness (QED) is 0.811. The molecule has 21 heavy (non-hydrogen) atoms. The number of benzene rings is 1. The Labute approximate surface area is 129 Å². The summed E-state index contributed by atoms with van der Waals surface area (Å²) >= 11 is 0. The van der Waals surface area contributed by atoms with Crippen molar-refractivity contribution in [3.05, 3.63) is 35.1 Å². The molecule has 0 saturated heterocycles. The fourth-order valence-electron chi connectivity index (χ4n) is 2.24. The Bertz CT molecular complexity index is 437. The van der Waals surface area contributed by atoms with E-state index in [9.17, 15) is 4.39 Å². The van der Waals surface area contributed by atoms with Crippen molar-refractivity contribution in [2.24, 2.45) is 5.92 Å². The summed E-state index contributed by atoms with van der Waals surface area (Å²) in [4.78, 5) is 2.20. The van der Waals surface area contributed by atoms with E-state index in [1.807, 2.05) is 12.1 Å². The van der Waals surface area contributed by atoms with Crippen LogP contribution in [0.4, 0.5) is 4.39 Å². The summed E-state index contributed by atoms with van der Waals surface area (Å²) < 4.78 is 14.0. The second-order valence-electron chi connectivity index (χ2n) is 7.24. The van der Waals surface area contributed by atoms with Crippen molar-refractivity contribution in [2.75, 3.05) is 13.6 Å². The van der Waals surface area contributed by atoms with E-state index in [-0.39, 0.29) is 11.4 Å². The van der Waals surface area contributed by atoms with Crippen molar-refractivity contribution >= 4 is 0 Å². The molecule has 0 amide bonds. The summed E-state index contributed by atoms with van der Waals surface area (Å²) in [7, 11) is 2.06. The van der Waals surface area contributed by atoms with E-state index in [4.69, 9.17) is 0 Å². The van der Waals surface area contributed by atoms with E-state index in [0.717, 1.165) is 30.6 Å². The monoisotopic (exact) mass is 294 g/mol. The SMILES string of the molecule is CCC(C)CN(C)Cc1cc(CNC(C)(C)C)ccc1F. The van der Waals surface area contributed by atoms with Crippen LogP contribution < -0.4 is 5.32 Å². The zero-order chi connectivity index (χ0) is 16.0.